The molecule has 0 spiro atoms. The van der Waals surface area contributed by atoms with Crippen molar-refractivity contribution in [2.24, 2.45) is 0 Å². The highest BCUT2D eigenvalue weighted by atomic mass is 32.1. The Bertz CT molecular complexity index is 3450. The van der Waals surface area contributed by atoms with E-state index in [-0.39, 0.29) is 0 Å². The predicted octanol–water partition coefficient (Wildman–Crippen LogP) is 14.4. The lowest BCUT2D eigenvalue weighted by atomic mass is 9.96. The molecule has 0 aliphatic carbocycles. The van der Waals surface area contributed by atoms with Gasteiger partial charge in [-0.1, -0.05) is 133 Å². The van der Waals surface area contributed by atoms with Crippen LogP contribution in [-0.2, 0) is 0 Å². The van der Waals surface area contributed by atoms with Crippen LogP contribution in [0.1, 0.15) is 0 Å². The lowest BCUT2D eigenvalue weighted by molar-refractivity contribution is 1.08. The van der Waals surface area contributed by atoms with Gasteiger partial charge in [-0.25, -0.2) is 15.0 Å². The summed E-state index contributed by atoms with van der Waals surface area (Å²) in [6.07, 6.45) is 0. The zero-order chi connectivity index (χ0) is 37.5. The molecule has 8 aromatic carbocycles. The molecule has 0 N–H and O–H groups in total. The smallest absolute Gasteiger partial charge is 0.165 e. The van der Waals surface area contributed by atoms with Gasteiger partial charge in [0.1, 0.15) is 0 Å². The molecule has 4 heterocycles. The number of fused-ring (bicyclic) bond motifs is 10. The predicted molar refractivity (Wildman–Crippen MR) is 242 cm³/mol. The molecule has 0 atom stereocenters. The van der Waals surface area contributed by atoms with Gasteiger partial charge in [-0.05, 0) is 54.1 Å². The van der Waals surface area contributed by atoms with E-state index in [9.17, 15) is 0 Å². The second kappa shape index (κ2) is 12.8. The number of hydrogen-bond donors (Lipinski definition) is 0. The minimum atomic E-state index is 0.650. The Morgan fingerprint density at radius 3 is 1.68 bits per heavy atom. The van der Waals surface area contributed by atoms with Gasteiger partial charge < -0.3 is 4.57 Å². The Kier molecular flexibility index (Phi) is 7.24. The molecule has 4 aromatic heterocycles. The van der Waals surface area contributed by atoms with Crippen molar-refractivity contribution in [3.05, 3.63) is 182 Å². The van der Waals surface area contributed by atoms with Crippen molar-refractivity contribution in [3.63, 3.8) is 0 Å². The van der Waals surface area contributed by atoms with Crippen LogP contribution in [0.3, 0.4) is 0 Å². The fraction of sp³-hybridized carbons (Fsp3) is 0. The Hall–Kier alpha value is -6.99. The summed E-state index contributed by atoms with van der Waals surface area (Å²) in [5, 5.41) is 7.53. The van der Waals surface area contributed by atoms with Gasteiger partial charge in [0.15, 0.2) is 17.5 Å². The first kappa shape index (κ1) is 32.3. The van der Waals surface area contributed by atoms with E-state index in [0.717, 1.165) is 38.2 Å². The zero-order valence-electron chi connectivity index (χ0n) is 30.4. The molecule has 6 heteroatoms. The molecule has 4 nitrogen and oxygen atoms in total. The second-order valence-corrected chi connectivity index (χ2v) is 16.5. The fourth-order valence-electron chi connectivity index (χ4n) is 8.53. The van der Waals surface area contributed by atoms with Gasteiger partial charge in [-0.3, -0.25) is 0 Å². The standard InChI is InChI=1S/C51H30N4S2/c1-4-15-31(16-5-1)49-52-50(32-17-6-2-7-18-32)54-51(53-49)40-30-33(29-39-46-44(57-48(39)40)28-27-43-45(46)38-22-11-13-26-42(38)56-43)35-23-14-24-37-36-21-10-12-25-41(36)55(47(35)37)34-19-8-3-9-20-34/h1-30H. The highest BCUT2D eigenvalue weighted by Crippen LogP contribution is 2.49. The van der Waals surface area contributed by atoms with Crippen molar-refractivity contribution in [2.45, 2.75) is 0 Å². The maximum atomic E-state index is 5.30. The van der Waals surface area contributed by atoms with E-state index in [0.29, 0.717) is 17.5 Å². The summed E-state index contributed by atoms with van der Waals surface area (Å²) in [6, 6.07) is 64.8. The average molecular weight is 763 g/mol. The number of rotatable bonds is 5. The number of hydrogen-bond acceptors (Lipinski definition) is 5. The van der Waals surface area contributed by atoms with Gasteiger partial charge in [-0.2, -0.15) is 0 Å². The van der Waals surface area contributed by atoms with Crippen LogP contribution in [-0.4, -0.2) is 19.5 Å². The monoisotopic (exact) mass is 762 g/mol. The highest BCUT2D eigenvalue weighted by Gasteiger charge is 2.23. The molecule has 57 heavy (non-hydrogen) atoms. The van der Waals surface area contributed by atoms with Crippen molar-refractivity contribution >= 4 is 84.8 Å². The van der Waals surface area contributed by atoms with Crippen LogP contribution in [0.4, 0.5) is 0 Å². The van der Waals surface area contributed by atoms with Crippen LogP contribution in [0.5, 0.6) is 0 Å². The van der Waals surface area contributed by atoms with Gasteiger partial charge in [0, 0.05) is 79.1 Å². The molecular formula is C51H30N4S2. The first-order valence-corrected chi connectivity index (χ1v) is 20.7. The molecule has 266 valence electrons. The van der Waals surface area contributed by atoms with E-state index in [1.165, 1.54) is 57.5 Å². The van der Waals surface area contributed by atoms with Gasteiger partial charge in [0.05, 0.1) is 11.0 Å². The molecule has 0 aliphatic heterocycles. The first-order chi connectivity index (χ1) is 28.3. The molecule has 0 aliphatic rings. The molecule has 0 radical (unpaired) electrons. The number of thiophene rings is 2. The van der Waals surface area contributed by atoms with Crippen LogP contribution >= 0.6 is 22.7 Å². The van der Waals surface area contributed by atoms with E-state index in [1.54, 1.807) is 0 Å². The Morgan fingerprint density at radius 2 is 0.947 bits per heavy atom. The van der Waals surface area contributed by atoms with E-state index >= 15 is 0 Å². The molecular weight excluding hydrogens is 733 g/mol. The maximum Gasteiger partial charge on any atom is 0.165 e. The Morgan fingerprint density at radius 1 is 0.368 bits per heavy atom. The van der Waals surface area contributed by atoms with Gasteiger partial charge in [-0.15, -0.1) is 22.7 Å². The minimum absolute atomic E-state index is 0.650. The summed E-state index contributed by atoms with van der Waals surface area (Å²) in [5.41, 5.74) is 8.63. The molecule has 0 unspecified atom stereocenters. The molecule has 0 bridgehead atoms. The Balaban J connectivity index is 1.23. The van der Waals surface area contributed by atoms with E-state index in [1.807, 2.05) is 59.1 Å². The quantitative estimate of drug-likeness (QED) is 0.175. The van der Waals surface area contributed by atoms with Crippen molar-refractivity contribution in [1.82, 2.24) is 19.5 Å². The number of benzene rings is 8. The van der Waals surface area contributed by atoms with Crippen molar-refractivity contribution in [3.8, 4) is 51.0 Å². The van der Waals surface area contributed by atoms with Gasteiger partial charge in [0.2, 0.25) is 0 Å². The number of aromatic nitrogens is 4. The third-order valence-electron chi connectivity index (χ3n) is 11.0. The van der Waals surface area contributed by atoms with Crippen LogP contribution in [0.15, 0.2) is 182 Å². The van der Waals surface area contributed by atoms with E-state index < -0.39 is 0 Å². The summed E-state index contributed by atoms with van der Waals surface area (Å²) in [7, 11) is 0. The van der Waals surface area contributed by atoms with Crippen molar-refractivity contribution in [2.75, 3.05) is 0 Å². The van der Waals surface area contributed by atoms with Crippen LogP contribution in [0.2, 0.25) is 0 Å². The SMILES string of the molecule is c1ccc(-c2nc(-c3ccccc3)nc(-c3cc(-c4cccc5c6ccccc6n(-c6ccccc6)c45)cc4c3sc3ccc5sc6ccccc6c5c34)n2)cc1. The summed E-state index contributed by atoms with van der Waals surface area (Å²) in [5.74, 6) is 1.96. The van der Waals surface area contributed by atoms with Gasteiger partial charge in [0.25, 0.3) is 0 Å². The molecule has 0 fully saturated rings. The summed E-state index contributed by atoms with van der Waals surface area (Å²) in [4.78, 5) is 15.7. The van der Waals surface area contributed by atoms with Gasteiger partial charge >= 0.3 is 0 Å². The number of nitrogens with zero attached hydrogens (tertiary/aromatic N) is 4. The summed E-state index contributed by atoms with van der Waals surface area (Å²) < 4.78 is 7.42. The number of para-hydroxylation sites is 3. The molecule has 0 amide bonds. The molecule has 0 saturated carbocycles. The molecule has 12 aromatic rings. The summed E-state index contributed by atoms with van der Waals surface area (Å²) in [6.45, 7) is 0. The highest BCUT2D eigenvalue weighted by molar-refractivity contribution is 7.28. The van der Waals surface area contributed by atoms with E-state index in [2.05, 4.69) is 150 Å². The van der Waals surface area contributed by atoms with Crippen molar-refractivity contribution in [1.29, 1.82) is 0 Å². The molecule has 0 saturated heterocycles. The lowest BCUT2D eigenvalue weighted by Crippen LogP contribution is -2.00. The third-order valence-corrected chi connectivity index (χ3v) is 13.4. The van der Waals surface area contributed by atoms with Crippen LogP contribution in [0.25, 0.3) is 113 Å². The second-order valence-electron chi connectivity index (χ2n) is 14.3. The van der Waals surface area contributed by atoms with E-state index in [4.69, 9.17) is 15.0 Å². The fourth-order valence-corrected chi connectivity index (χ4v) is 10.8. The normalized spacial score (nSPS) is 11.9. The Labute approximate surface area is 335 Å². The third kappa shape index (κ3) is 5.08. The average Bonchev–Trinajstić information content (AvgIpc) is 3.96. The maximum absolute atomic E-state index is 5.30. The zero-order valence-corrected chi connectivity index (χ0v) is 32.1. The lowest BCUT2D eigenvalue weighted by Gasteiger charge is -2.14. The summed E-state index contributed by atoms with van der Waals surface area (Å²) >= 11 is 3.68. The topological polar surface area (TPSA) is 43.6 Å². The largest absolute Gasteiger partial charge is 0.309 e. The van der Waals surface area contributed by atoms with Crippen molar-refractivity contribution < 1.29 is 0 Å². The van der Waals surface area contributed by atoms with Crippen LogP contribution < -0.4 is 0 Å². The minimum Gasteiger partial charge on any atom is -0.309 e. The van der Waals surface area contributed by atoms with Crippen LogP contribution in [0, 0.1) is 0 Å². The molecule has 12 rings (SSSR count). The first-order valence-electron chi connectivity index (χ1n) is 19.0.